The molecule has 2 rings (SSSR count). The van der Waals surface area contributed by atoms with Crippen LogP contribution in [0.25, 0.3) is 0 Å². The zero-order chi connectivity index (χ0) is 14.6. The normalized spacial score (nSPS) is 11.2. The Morgan fingerprint density at radius 1 is 1.45 bits per heavy atom. The van der Waals surface area contributed by atoms with Crippen molar-refractivity contribution in [3.63, 3.8) is 0 Å². The molecule has 1 N–H and O–H groups in total. The molecule has 0 saturated heterocycles. The summed E-state index contributed by atoms with van der Waals surface area (Å²) < 4.78 is 44.0. The first-order valence-electron chi connectivity index (χ1n) is 5.48. The Morgan fingerprint density at radius 2 is 2.25 bits per heavy atom. The topological polar surface area (TPSA) is 109 Å². The van der Waals surface area contributed by atoms with Gasteiger partial charge >= 0.3 is 0 Å². The Balaban J connectivity index is 2.08. The number of sulfonamides is 1. The molecule has 0 bridgehead atoms. The summed E-state index contributed by atoms with van der Waals surface area (Å²) in [5, 5.41) is 12.1. The molecule has 2 aromatic rings. The largest absolute Gasteiger partial charge is 0.340 e. The number of hydrogen-bond acceptors (Lipinski definition) is 6. The summed E-state index contributed by atoms with van der Waals surface area (Å²) in [4.78, 5) is 3.56. The van der Waals surface area contributed by atoms with Gasteiger partial charge in [0.1, 0.15) is 11.9 Å². The van der Waals surface area contributed by atoms with E-state index in [4.69, 9.17) is 9.78 Å². The van der Waals surface area contributed by atoms with Gasteiger partial charge in [-0.25, -0.2) is 17.5 Å². The zero-order valence-electron chi connectivity index (χ0n) is 10.1. The molecule has 7 nitrogen and oxygen atoms in total. The first kappa shape index (κ1) is 14.1. The molecular formula is C11H9FN4O3S. The van der Waals surface area contributed by atoms with Crippen molar-refractivity contribution in [3.8, 4) is 6.07 Å². The van der Waals surface area contributed by atoms with E-state index in [2.05, 4.69) is 14.9 Å². The Morgan fingerprint density at radius 3 is 2.90 bits per heavy atom. The number of halogens is 1. The van der Waals surface area contributed by atoms with Gasteiger partial charge in [-0.3, -0.25) is 0 Å². The highest BCUT2D eigenvalue weighted by Gasteiger charge is 2.16. The SMILES string of the molecule is N#Cc1cc(S(=O)(=O)NCCc2ncno2)ccc1F. The van der Waals surface area contributed by atoms with Crippen LogP contribution in [0.15, 0.2) is 33.9 Å². The molecule has 9 heteroatoms. The minimum atomic E-state index is -3.82. The Hall–Kier alpha value is -2.31. The van der Waals surface area contributed by atoms with Gasteiger partial charge < -0.3 is 4.52 Å². The average molecular weight is 296 g/mol. The lowest BCUT2D eigenvalue weighted by Crippen LogP contribution is -2.26. The fraction of sp³-hybridized carbons (Fsp3) is 0.182. The molecule has 1 aromatic carbocycles. The van der Waals surface area contributed by atoms with Crippen LogP contribution in [0.4, 0.5) is 4.39 Å². The first-order valence-corrected chi connectivity index (χ1v) is 6.96. The average Bonchev–Trinajstić information content (AvgIpc) is 2.92. The molecule has 20 heavy (non-hydrogen) atoms. The van der Waals surface area contributed by atoms with Crippen molar-refractivity contribution in [1.82, 2.24) is 14.9 Å². The van der Waals surface area contributed by atoms with E-state index in [0.717, 1.165) is 18.2 Å². The summed E-state index contributed by atoms with van der Waals surface area (Å²) in [5.41, 5.74) is -0.329. The molecule has 0 saturated carbocycles. The summed E-state index contributed by atoms with van der Waals surface area (Å²) in [5.74, 6) is -0.471. The summed E-state index contributed by atoms with van der Waals surface area (Å²) in [6.07, 6.45) is 1.44. The number of nitriles is 1. The minimum absolute atomic E-state index is 0.0454. The van der Waals surface area contributed by atoms with E-state index in [1.54, 1.807) is 6.07 Å². The van der Waals surface area contributed by atoms with E-state index in [9.17, 15) is 12.8 Å². The number of hydrogen-bond donors (Lipinski definition) is 1. The minimum Gasteiger partial charge on any atom is -0.340 e. The van der Waals surface area contributed by atoms with Gasteiger partial charge in [-0.1, -0.05) is 5.16 Å². The second-order valence-corrected chi connectivity index (χ2v) is 5.50. The van der Waals surface area contributed by atoms with Gasteiger partial charge in [-0.15, -0.1) is 0 Å². The van der Waals surface area contributed by atoms with Crippen molar-refractivity contribution >= 4 is 10.0 Å². The van der Waals surface area contributed by atoms with E-state index in [1.807, 2.05) is 0 Å². The third-order valence-electron chi connectivity index (χ3n) is 2.41. The van der Waals surface area contributed by atoms with Crippen LogP contribution in [0.3, 0.4) is 0 Å². The van der Waals surface area contributed by atoms with Gasteiger partial charge in [0.05, 0.1) is 10.5 Å². The van der Waals surface area contributed by atoms with Gasteiger partial charge in [0.25, 0.3) is 0 Å². The van der Waals surface area contributed by atoms with Crippen molar-refractivity contribution < 1.29 is 17.3 Å². The molecule has 0 aliphatic carbocycles. The number of nitrogens with one attached hydrogen (secondary N) is 1. The van der Waals surface area contributed by atoms with Gasteiger partial charge in [-0.05, 0) is 18.2 Å². The standard InChI is InChI=1S/C11H9FN4O3S/c12-10-2-1-9(5-8(10)6-13)20(17,18)16-4-3-11-14-7-15-19-11/h1-2,5,7,16H,3-4H2. The highest BCUT2D eigenvalue weighted by atomic mass is 32.2. The van der Waals surface area contributed by atoms with Crippen LogP contribution >= 0.6 is 0 Å². The summed E-state index contributed by atoms with van der Waals surface area (Å²) in [6, 6.07) is 4.59. The molecule has 104 valence electrons. The monoisotopic (exact) mass is 296 g/mol. The smallest absolute Gasteiger partial charge is 0.240 e. The quantitative estimate of drug-likeness (QED) is 0.865. The fourth-order valence-electron chi connectivity index (χ4n) is 1.44. The Kier molecular flexibility index (Phi) is 4.07. The van der Waals surface area contributed by atoms with Crippen molar-refractivity contribution in [3.05, 3.63) is 41.8 Å². The molecule has 0 radical (unpaired) electrons. The van der Waals surface area contributed by atoms with Crippen LogP contribution in [-0.2, 0) is 16.4 Å². The lowest BCUT2D eigenvalue weighted by molar-refractivity contribution is 0.377. The van der Waals surface area contributed by atoms with Crippen LogP contribution < -0.4 is 4.72 Å². The van der Waals surface area contributed by atoms with Crippen molar-refractivity contribution in [2.75, 3.05) is 6.54 Å². The zero-order valence-corrected chi connectivity index (χ0v) is 10.9. The first-order chi connectivity index (χ1) is 9.53. The van der Waals surface area contributed by atoms with Gasteiger partial charge in [0.2, 0.25) is 15.9 Å². The predicted octanol–water partition coefficient (Wildman–Crippen LogP) is 0.601. The molecule has 0 spiro atoms. The maximum atomic E-state index is 13.1. The molecule has 1 heterocycles. The third kappa shape index (κ3) is 3.17. The molecule has 0 unspecified atom stereocenters. The van der Waals surface area contributed by atoms with Crippen molar-refractivity contribution in [1.29, 1.82) is 5.26 Å². The van der Waals surface area contributed by atoms with Crippen LogP contribution in [0.1, 0.15) is 11.5 Å². The van der Waals surface area contributed by atoms with Crippen LogP contribution in [-0.4, -0.2) is 25.1 Å². The maximum absolute atomic E-state index is 13.1. The van der Waals surface area contributed by atoms with Crippen molar-refractivity contribution in [2.45, 2.75) is 11.3 Å². The Labute approximate surface area is 114 Å². The number of benzene rings is 1. The molecular weight excluding hydrogens is 287 g/mol. The lowest BCUT2D eigenvalue weighted by Gasteiger charge is -2.06. The molecule has 0 fully saturated rings. The second-order valence-electron chi connectivity index (χ2n) is 3.74. The number of rotatable bonds is 5. The summed E-state index contributed by atoms with van der Waals surface area (Å²) in [7, 11) is -3.82. The van der Waals surface area contributed by atoms with E-state index < -0.39 is 15.8 Å². The van der Waals surface area contributed by atoms with E-state index in [0.29, 0.717) is 5.89 Å². The van der Waals surface area contributed by atoms with Crippen LogP contribution in [0, 0.1) is 17.1 Å². The van der Waals surface area contributed by atoms with Gasteiger partial charge in [0.15, 0.2) is 6.33 Å². The summed E-state index contributed by atoms with van der Waals surface area (Å²) >= 11 is 0. The molecule has 1 aromatic heterocycles. The van der Waals surface area contributed by atoms with Crippen LogP contribution in [0.5, 0.6) is 0 Å². The number of nitrogens with zero attached hydrogens (tertiary/aromatic N) is 3. The van der Waals surface area contributed by atoms with E-state index >= 15 is 0 Å². The van der Waals surface area contributed by atoms with Gasteiger partial charge in [0, 0.05) is 13.0 Å². The second kappa shape index (κ2) is 5.77. The maximum Gasteiger partial charge on any atom is 0.240 e. The molecule has 0 atom stereocenters. The molecule has 0 aliphatic heterocycles. The van der Waals surface area contributed by atoms with E-state index in [1.165, 1.54) is 6.33 Å². The van der Waals surface area contributed by atoms with Crippen LogP contribution in [0.2, 0.25) is 0 Å². The highest BCUT2D eigenvalue weighted by molar-refractivity contribution is 7.89. The van der Waals surface area contributed by atoms with Gasteiger partial charge in [-0.2, -0.15) is 10.2 Å². The highest BCUT2D eigenvalue weighted by Crippen LogP contribution is 2.14. The summed E-state index contributed by atoms with van der Waals surface area (Å²) in [6.45, 7) is 0.0454. The molecule has 0 amide bonds. The fourth-order valence-corrected chi connectivity index (χ4v) is 2.50. The lowest BCUT2D eigenvalue weighted by atomic mass is 10.2. The third-order valence-corrected chi connectivity index (χ3v) is 3.87. The predicted molar refractivity (Wildman–Crippen MR) is 64.3 cm³/mol. The van der Waals surface area contributed by atoms with Crippen molar-refractivity contribution in [2.24, 2.45) is 0 Å². The van der Waals surface area contributed by atoms with E-state index in [-0.39, 0.29) is 23.4 Å². The molecule has 0 aliphatic rings. The Bertz CT molecular complexity index is 738. The number of aromatic nitrogens is 2.